The average Bonchev–Trinajstić information content (AvgIpc) is 3.89. The highest BCUT2D eigenvalue weighted by Crippen LogP contribution is 2.40. The van der Waals surface area contributed by atoms with E-state index in [1.807, 2.05) is 25.1 Å². The molecule has 0 spiro atoms. The van der Waals surface area contributed by atoms with Gasteiger partial charge in [-0.2, -0.15) is 20.1 Å². The van der Waals surface area contributed by atoms with Gasteiger partial charge in [-0.1, -0.05) is 37.3 Å². The summed E-state index contributed by atoms with van der Waals surface area (Å²) in [6.45, 7) is 9.54. The van der Waals surface area contributed by atoms with E-state index in [9.17, 15) is 4.79 Å². The maximum absolute atomic E-state index is 12.8. The minimum Gasteiger partial charge on any atom is -0.493 e. The average molecular weight is 635 g/mol. The Kier molecular flexibility index (Phi) is 8.80. The summed E-state index contributed by atoms with van der Waals surface area (Å²) in [6, 6.07) is 27.1. The molecule has 0 aliphatic carbocycles. The molecule has 2 fully saturated rings. The fraction of sp³-hybridized carbons (Fsp3) is 0.389. The largest absolute Gasteiger partial charge is 0.493 e. The molecular formula is C36H42N8O3. The molecule has 244 valence electrons. The molecule has 7 rings (SSSR count). The van der Waals surface area contributed by atoms with E-state index in [4.69, 9.17) is 9.47 Å². The van der Waals surface area contributed by atoms with Crippen LogP contribution in [0.25, 0.3) is 5.69 Å². The van der Waals surface area contributed by atoms with E-state index >= 15 is 0 Å². The first-order valence-corrected chi connectivity index (χ1v) is 16.5. The van der Waals surface area contributed by atoms with Gasteiger partial charge in [0.05, 0.1) is 43.9 Å². The maximum atomic E-state index is 12.8. The second-order valence-corrected chi connectivity index (χ2v) is 12.6. The lowest BCUT2D eigenvalue weighted by atomic mass is 9.87. The van der Waals surface area contributed by atoms with Crippen molar-refractivity contribution in [3.8, 4) is 11.4 Å². The van der Waals surface area contributed by atoms with Gasteiger partial charge in [0.15, 0.2) is 0 Å². The number of rotatable bonds is 11. The van der Waals surface area contributed by atoms with Crippen LogP contribution in [0.5, 0.6) is 5.75 Å². The van der Waals surface area contributed by atoms with Crippen molar-refractivity contribution in [2.24, 2.45) is 5.92 Å². The topological polar surface area (TPSA) is 95.5 Å². The van der Waals surface area contributed by atoms with Crippen LogP contribution < -0.4 is 20.2 Å². The predicted molar refractivity (Wildman–Crippen MR) is 181 cm³/mol. The van der Waals surface area contributed by atoms with Crippen LogP contribution in [0, 0.1) is 5.92 Å². The molecule has 0 amide bonds. The van der Waals surface area contributed by atoms with Gasteiger partial charge >= 0.3 is 5.69 Å². The SMILES string of the molecule is CC[C@H](C)n1ncn(-c2ccc(N3CCN(c4ccc(OC[C@@H]5CO[C@@](Cn6nccn6)(c6ccccc6)C5)cc4)CC3)cc2)c1=O. The number of anilines is 2. The van der Waals surface area contributed by atoms with Gasteiger partial charge < -0.3 is 19.3 Å². The second kappa shape index (κ2) is 13.4. The van der Waals surface area contributed by atoms with Crippen molar-refractivity contribution < 1.29 is 9.47 Å². The summed E-state index contributed by atoms with van der Waals surface area (Å²) in [5, 5.41) is 13.0. The van der Waals surface area contributed by atoms with Gasteiger partial charge in [0, 0.05) is 43.5 Å². The monoisotopic (exact) mass is 634 g/mol. The van der Waals surface area contributed by atoms with Crippen molar-refractivity contribution in [2.75, 3.05) is 49.2 Å². The first kappa shape index (κ1) is 30.7. The van der Waals surface area contributed by atoms with Crippen LogP contribution in [0.3, 0.4) is 0 Å². The highest BCUT2D eigenvalue weighted by molar-refractivity contribution is 5.54. The third-order valence-electron chi connectivity index (χ3n) is 9.54. The minimum atomic E-state index is -0.473. The van der Waals surface area contributed by atoms with Crippen LogP contribution >= 0.6 is 0 Å². The normalized spacial score (nSPS) is 20.4. The van der Waals surface area contributed by atoms with Crippen LogP contribution in [0.1, 0.15) is 38.3 Å². The highest BCUT2D eigenvalue weighted by atomic mass is 16.5. The highest BCUT2D eigenvalue weighted by Gasteiger charge is 2.43. The standard InChI is InChI=1S/C36H42N8O3/c1-3-28(2)44-35(45)42(27-39-44)33-11-9-31(10-12-33)40-19-21-41(22-20-40)32-13-15-34(16-14-32)46-24-29-23-36(47-25-29,26-43-37-17-18-38-43)30-7-5-4-6-8-30/h4-18,27-29H,3,19-26H2,1-2H3/t28-,29+,36-/m0/s1. The van der Waals surface area contributed by atoms with E-state index in [2.05, 4.69) is 92.7 Å². The summed E-state index contributed by atoms with van der Waals surface area (Å²) < 4.78 is 15.9. The summed E-state index contributed by atoms with van der Waals surface area (Å²) >= 11 is 0. The quantitative estimate of drug-likeness (QED) is 0.202. The molecule has 47 heavy (non-hydrogen) atoms. The first-order valence-electron chi connectivity index (χ1n) is 16.5. The van der Waals surface area contributed by atoms with Crippen LogP contribution in [0.4, 0.5) is 11.4 Å². The Hall–Kier alpha value is -4.90. The Morgan fingerprint density at radius 1 is 0.851 bits per heavy atom. The zero-order valence-corrected chi connectivity index (χ0v) is 27.1. The first-order chi connectivity index (χ1) is 23.0. The fourth-order valence-electron chi connectivity index (χ4n) is 6.65. The van der Waals surface area contributed by atoms with E-state index in [1.165, 1.54) is 5.69 Å². The van der Waals surface area contributed by atoms with E-state index in [1.54, 1.807) is 32.8 Å². The van der Waals surface area contributed by atoms with Gasteiger partial charge in [0.25, 0.3) is 0 Å². The zero-order valence-electron chi connectivity index (χ0n) is 27.1. The molecule has 2 aromatic heterocycles. The summed E-state index contributed by atoms with van der Waals surface area (Å²) in [7, 11) is 0. The Morgan fingerprint density at radius 3 is 2.11 bits per heavy atom. The van der Waals surface area contributed by atoms with Crippen molar-refractivity contribution >= 4 is 11.4 Å². The van der Waals surface area contributed by atoms with Crippen LogP contribution in [-0.2, 0) is 16.9 Å². The molecule has 0 N–H and O–H groups in total. The van der Waals surface area contributed by atoms with Crippen molar-refractivity contribution in [1.82, 2.24) is 29.3 Å². The number of ether oxygens (including phenoxy) is 2. The maximum Gasteiger partial charge on any atom is 0.350 e. The lowest BCUT2D eigenvalue weighted by molar-refractivity contribution is -0.0209. The van der Waals surface area contributed by atoms with Gasteiger partial charge in [-0.05, 0) is 73.9 Å². The second-order valence-electron chi connectivity index (χ2n) is 12.6. The van der Waals surface area contributed by atoms with Gasteiger partial charge in [-0.25, -0.2) is 14.0 Å². The van der Waals surface area contributed by atoms with E-state index < -0.39 is 5.60 Å². The Bertz CT molecular complexity index is 1780. The molecule has 2 saturated heterocycles. The van der Waals surface area contributed by atoms with Gasteiger partial charge in [0.2, 0.25) is 0 Å². The van der Waals surface area contributed by atoms with E-state index in [0.29, 0.717) is 19.8 Å². The molecule has 11 nitrogen and oxygen atoms in total. The Balaban J connectivity index is 0.913. The Labute approximate surface area is 274 Å². The summed E-state index contributed by atoms with van der Waals surface area (Å²) in [6.07, 6.45) is 6.71. The van der Waals surface area contributed by atoms with Gasteiger partial charge in [-0.15, -0.1) is 0 Å². The smallest absolute Gasteiger partial charge is 0.350 e. The van der Waals surface area contributed by atoms with Crippen LogP contribution in [0.2, 0.25) is 0 Å². The number of nitrogens with zero attached hydrogens (tertiary/aromatic N) is 8. The third-order valence-corrected chi connectivity index (χ3v) is 9.54. The number of hydrogen-bond acceptors (Lipinski definition) is 8. The molecule has 5 aromatic rings. The molecule has 0 unspecified atom stereocenters. The number of hydrogen-bond donors (Lipinski definition) is 0. The van der Waals surface area contributed by atoms with Crippen LogP contribution in [0.15, 0.2) is 102 Å². The number of piperazine rings is 1. The van der Waals surface area contributed by atoms with Gasteiger partial charge in [-0.3, -0.25) is 0 Å². The van der Waals surface area contributed by atoms with Crippen molar-refractivity contribution in [1.29, 1.82) is 0 Å². The Morgan fingerprint density at radius 2 is 1.47 bits per heavy atom. The van der Waals surface area contributed by atoms with Crippen molar-refractivity contribution in [2.45, 2.75) is 44.9 Å². The molecule has 11 heteroatoms. The van der Waals surface area contributed by atoms with Crippen molar-refractivity contribution in [3.63, 3.8) is 0 Å². The minimum absolute atomic E-state index is 0.0771. The summed E-state index contributed by atoms with van der Waals surface area (Å²) in [5.41, 5.74) is 3.75. The summed E-state index contributed by atoms with van der Waals surface area (Å²) in [5.74, 6) is 1.13. The lowest BCUT2D eigenvalue weighted by Crippen LogP contribution is -2.46. The van der Waals surface area contributed by atoms with E-state index in [0.717, 1.165) is 61.7 Å². The van der Waals surface area contributed by atoms with Crippen LogP contribution in [-0.4, -0.2) is 68.7 Å². The molecular weight excluding hydrogens is 592 g/mol. The summed E-state index contributed by atoms with van der Waals surface area (Å²) in [4.78, 5) is 19.3. The molecule has 2 aliphatic rings. The van der Waals surface area contributed by atoms with E-state index in [-0.39, 0.29) is 17.6 Å². The zero-order chi connectivity index (χ0) is 32.2. The molecule has 4 heterocycles. The van der Waals surface area contributed by atoms with Crippen molar-refractivity contribution in [3.05, 3.63) is 114 Å². The molecule has 3 aromatic carbocycles. The number of aromatic nitrogens is 6. The molecule has 2 aliphatic heterocycles. The van der Waals surface area contributed by atoms with Gasteiger partial charge in [0.1, 0.15) is 17.7 Å². The predicted octanol–water partition coefficient (Wildman–Crippen LogP) is 4.93. The fourth-order valence-corrected chi connectivity index (χ4v) is 6.65. The molecule has 3 atom stereocenters. The lowest BCUT2D eigenvalue weighted by Gasteiger charge is -2.37. The molecule has 0 radical (unpaired) electrons. The molecule has 0 saturated carbocycles. The number of benzene rings is 3. The molecule has 0 bridgehead atoms. The third kappa shape index (κ3) is 6.53.